The van der Waals surface area contributed by atoms with Gasteiger partial charge in [-0.25, -0.2) is 4.98 Å². The average molecular weight is 482 g/mol. The lowest BCUT2D eigenvalue weighted by atomic mass is 9.97. The molecule has 1 amide bonds. The summed E-state index contributed by atoms with van der Waals surface area (Å²) in [5, 5.41) is 1.40. The molecule has 3 heterocycles. The predicted molar refractivity (Wildman–Crippen MR) is 137 cm³/mol. The van der Waals surface area contributed by atoms with Gasteiger partial charge in [-0.2, -0.15) is 0 Å². The topological polar surface area (TPSA) is 55.2 Å². The Hall–Kier alpha value is -2.12. The van der Waals surface area contributed by atoms with Crippen LogP contribution in [0.15, 0.2) is 34.2 Å². The summed E-state index contributed by atoms with van der Waals surface area (Å²) in [6.07, 6.45) is 7.57. The van der Waals surface area contributed by atoms with Gasteiger partial charge in [0.2, 0.25) is 5.91 Å². The van der Waals surface area contributed by atoms with Gasteiger partial charge in [0.15, 0.2) is 5.16 Å². The minimum absolute atomic E-state index is 0.000317. The minimum atomic E-state index is -0.000317. The molecule has 0 bridgehead atoms. The molecule has 2 unspecified atom stereocenters. The molecule has 7 heteroatoms. The molecule has 1 aromatic carbocycles. The Balaban J connectivity index is 1.56. The first-order valence-electron chi connectivity index (χ1n) is 12.0. The largest absolute Gasteiger partial charge is 0.337 e. The Labute approximate surface area is 203 Å². The third kappa shape index (κ3) is 4.26. The number of aryl methyl sites for hydroxylation is 3. The minimum Gasteiger partial charge on any atom is -0.337 e. The van der Waals surface area contributed by atoms with E-state index in [-0.39, 0.29) is 23.6 Å². The van der Waals surface area contributed by atoms with E-state index < -0.39 is 0 Å². The highest BCUT2D eigenvalue weighted by Gasteiger charge is 2.29. The molecule has 0 saturated carbocycles. The number of benzene rings is 1. The molecule has 5 nitrogen and oxygen atoms in total. The number of rotatable bonds is 4. The van der Waals surface area contributed by atoms with Crippen molar-refractivity contribution in [2.24, 2.45) is 0 Å². The summed E-state index contributed by atoms with van der Waals surface area (Å²) in [6.45, 7) is 6.31. The maximum atomic E-state index is 13.9. The highest BCUT2D eigenvalue weighted by atomic mass is 32.2. The first-order chi connectivity index (χ1) is 15.9. The van der Waals surface area contributed by atoms with Gasteiger partial charge in [-0.3, -0.25) is 14.2 Å². The number of amides is 1. The monoisotopic (exact) mass is 481 g/mol. The van der Waals surface area contributed by atoms with Crippen molar-refractivity contribution in [1.29, 1.82) is 0 Å². The second-order valence-corrected chi connectivity index (χ2v) is 11.5. The van der Waals surface area contributed by atoms with E-state index in [9.17, 15) is 9.59 Å². The van der Waals surface area contributed by atoms with Crippen LogP contribution >= 0.6 is 23.1 Å². The van der Waals surface area contributed by atoms with Gasteiger partial charge in [-0.15, -0.1) is 11.3 Å². The normalized spacial score (nSPS) is 20.8. The maximum Gasteiger partial charge on any atom is 0.267 e. The third-order valence-electron chi connectivity index (χ3n) is 7.02. The molecule has 174 valence electrons. The summed E-state index contributed by atoms with van der Waals surface area (Å²) in [6, 6.07) is 8.51. The Kier molecular flexibility index (Phi) is 6.36. The van der Waals surface area contributed by atoms with Gasteiger partial charge < -0.3 is 4.90 Å². The number of fused-ring (bicyclic) bond motifs is 3. The maximum absolute atomic E-state index is 13.9. The Morgan fingerprint density at radius 3 is 2.67 bits per heavy atom. The summed E-state index contributed by atoms with van der Waals surface area (Å²) < 4.78 is 1.73. The molecule has 1 fully saturated rings. The molecule has 0 N–H and O–H groups in total. The van der Waals surface area contributed by atoms with Crippen molar-refractivity contribution in [2.45, 2.75) is 83.0 Å². The van der Waals surface area contributed by atoms with Gasteiger partial charge in [0.25, 0.3) is 5.56 Å². The standard InChI is InChI=1S/C26H31N3O2S2/c1-16-8-6-11-19(14-16)29-25(31)23-20-12-4-5-13-21(20)33-24(23)27-26(29)32-15-22(30)28-17(2)9-7-10-18(28)3/h6,8,11,14,17-18H,4-5,7,9-10,12-13,15H2,1-3H3. The molecule has 1 saturated heterocycles. The van der Waals surface area contributed by atoms with E-state index in [1.54, 1.807) is 15.9 Å². The summed E-state index contributed by atoms with van der Waals surface area (Å²) in [4.78, 5) is 36.2. The van der Waals surface area contributed by atoms with Crippen LogP contribution in [0.2, 0.25) is 0 Å². The Bertz CT molecular complexity index is 1250. The lowest BCUT2D eigenvalue weighted by Crippen LogP contribution is -2.48. The molecule has 2 atom stereocenters. The molecular weight excluding hydrogens is 450 g/mol. The Morgan fingerprint density at radius 1 is 1.15 bits per heavy atom. The Morgan fingerprint density at radius 2 is 1.91 bits per heavy atom. The highest BCUT2D eigenvalue weighted by molar-refractivity contribution is 7.99. The molecule has 2 aromatic heterocycles. The predicted octanol–water partition coefficient (Wildman–Crippen LogP) is 5.52. The van der Waals surface area contributed by atoms with E-state index in [1.165, 1.54) is 35.0 Å². The molecule has 1 aliphatic heterocycles. The lowest BCUT2D eigenvalue weighted by Gasteiger charge is -2.39. The van der Waals surface area contributed by atoms with Crippen LogP contribution in [-0.4, -0.2) is 38.2 Å². The van der Waals surface area contributed by atoms with Crippen LogP contribution in [0.3, 0.4) is 0 Å². The zero-order valence-corrected chi connectivity index (χ0v) is 21.2. The molecule has 0 spiro atoms. The van der Waals surface area contributed by atoms with Crippen molar-refractivity contribution >= 4 is 39.2 Å². The fraction of sp³-hybridized carbons (Fsp3) is 0.500. The number of carbonyl (C=O) groups is 1. The second-order valence-electron chi connectivity index (χ2n) is 9.48. The average Bonchev–Trinajstić information content (AvgIpc) is 3.16. The smallest absolute Gasteiger partial charge is 0.267 e. The molecule has 2 aliphatic rings. The van der Waals surface area contributed by atoms with Gasteiger partial charge in [0.1, 0.15) is 4.83 Å². The first-order valence-corrected chi connectivity index (χ1v) is 13.8. The molecular formula is C26H31N3O2S2. The SMILES string of the molecule is Cc1cccc(-n2c(SCC(=O)N3C(C)CCCC3C)nc3sc4c(c3c2=O)CCCC4)c1. The molecule has 33 heavy (non-hydrogen) atoms. The van der Waals surface area contributed by atoms with Crippen molar-refractivity contribution in [3.8, 4) is 5.69 Å². The van der Waals surface area contributed by atoms with Crippen LogP contribution in [0.1, 0.15) is 62.0 Å². The van der Waals surface area contributed by atoms with Crippen LogP contribution in [-0.2, 0) is 17.6 Å². The second kappa shape index (κ2) is 9.26. The summed E-state index contributed by atoms with van der Waals surface area (Å²) in [5.74, 6) is 0.430. The number of carbonyl (C=O) groups excluding carboxylic acids is 1. The molecule has 5 rings (SSSR count). The summed E-state index contributed by atoms with van der Waals surface area (Å²) in [5.41, 5.74) is 3.11. The number of piperidine rings is 1. The van der Waals surface area contributed by atoms with Gasteiger partial charge >= 0.3 is 0 Å². The van der Waals surface area contributed by atoms with E-state index in [2.05, 4.69) is 13.8 Å². The van der Waals surface area contributed by atoms with Crippen LogP contribution in [0, 0.1) is 6.92 Å². The van der Waals surface area contributed by atoms with Gasteiger partial charge in [-0.1, -0.05) is 23.9 Å². The zero-order chi connectivity index (χ0) is 23.1. The van der Waals surface area contributed by atoms with E-state index in [1.807, 2.05) is 36.1 Å². The number of hydrogen-bond acceptors (Lipinski definition) is 5. The number of aromatic nitrogens is 2. The number of hydrogen-bond donors (Lipinski definition) is 0. The first kappa shape index (κ1) is 22.7. The van der Waals surface area contributed by atoms with Crippen LogP contribution in [0.25, 0.3) is 15.9 Å². The number of likely N-dealkylation sites (tertiary alicyclic amines) is 1. The van der Waals surface area contributed by atoms with Gasteiger partial charge in [-0.05, 0) is 89.0 Å². The van der Waals surface area contributed by atoms with Crippen molar-refractivity contribution in [3.05, 3.63) is 50.6 Å². The fourth-order valence-corrected chi connectivity index (χ4v) is 7.58. The number of thioether (sulfide) groups is 1. The van der Waals surface area contributed by atoms with Crippen LogP contribution in [0.5, 0.6) is 0 Å². The fourth-order valence-electron chi connectivity index (χ4n) is 5.39. The van der Waals surface area contributed by atoms with Crippen molar-refractivity contribution in [1.82, 2.24) is 14.5 Å². The lowest BCUT2D eigenvalue weighted by molar-refractivity contribution is -0.134. The third-order valence-corrected chi connectivity index (χ3v) is 9.13. The molecule has 0 radical (unpaired) electrons. The number of nitrogens with zero attached hydrogens (tertiary/aromatic N) is 3. The van der Waals surface area contributed by atoms with Gasteiger partial charge in [0.05, 0.1) is 16.8 Å². The van der Waals surface area contributed by atoms with Crippen LogP contribution in [0.4, 0.5) is 0 Å². The highest BCUT2D eigenvalue weighted by Crippen LogP contribution is 2.35. The quantitative estimate of drug-likeness (QED) is 0.364. The van der Waals surface area contributed by atoms with E-state index >= 15 is 0 Å². The molecule has 1 aliphatic carbocycles. The number of thiophene rings is 1. The zero-order valence-electron chi connectivity index (χ0n) is 19.6. The summed E-state index contributed by atoms with van der Waals surface area (Å²) >= 11 is 3.06. The van der Waals surface area contributed by atoms with Crippen molar-refractivity contribution < 1.29 is 4.79 Å². The molecule has 3 aromatic rings. The van der Waals surface area contributed by atoms with E-state index in [4.69, 9.17) is 4.98 Å². The van der Waals surface area contributed by atoms with Crippen molar-refractivity contribution in [3.63, 3.8) is 0 Å². The summed E-state index contributed by atoms with van der Waals surface area (Å²) in [7, 11) is 0. The van der Waals surface area contributed by atoms with Gasteiger partial charge in [0, 0.05) is 17.0 Å². The van der Waals surface area contributed by atoms with E-state index in [0.29, 0.717) is 10.9 Å². The van der Waals surface area contributed by atoms with Crippen LogP contribution < -0.4 is 5.56 Å². The van der Waals surface area contributed by atoms with E-state index in [0.717, 1.165) is 53.6 Å². The van der Waals surface area contributed by atoms with Crippen molar-refractivity contribution in [2.75, 3.05) is 5.75 Å².